The van der Waals surface area contributed by atoms with Gasteiger partial charge in [0.05, 0.1) is 11.5 Å². The standard InChI is InChI=1S/C18H25N3O4S/c1-2-21(16-8-13-26(24,25)14-16)18(23)17(22)20-11-9-19(10-12-20)15-6-4-3-5-7-15/h3-7,16H,2,8-14H2,1H3. The molecule has 7 nitrogen and oxygen atoms in total. The molecule has 2 aliphatic heterocycles. The van der Waals surface area contributed by atoms with E-state index in [2.05, 4.69) is 4.90 Å². The van der Waals surface area contributed by atoms with Crippen LogP contribution in [0.4, 0.5) is 5.69 Å². The Balaban J connectivity index is 1.59. The number of nitrogens with zero attached hydrogens (tertiary/aromatic N) is 3. The number of hydrogen-bond donors (Lipinski definition) is 0. The molecule has 8 heteroatoms. The highest BCUT2D eigenvalue weighted by atomic mass is 32.2. The zero-order chi connectivity index (χ0) is 18.7. The molecule has 26 heavy (non-hydrogen) atoms. The van der Waals surface area contributed by atoms with Gasteiger partial charge in [-0.1, -0.05) is 18.2 Å². The third kappa shape index (κ3) is 4.00. The van der Waals surface area contributed by atoms with Crippen LogP contribution in [0.1, 0.15) is 13.3 Å². The van der Waals surface area contributed by atoms with Crippen molar-refractivity contribution < 1.29 is 18.0 Å². The van der Waals surface area contributed by atoms with E-state index in [1.54, 1.807) is 11.8 Å². The van der Waals surface area contributed by atoms with E-state index in [9.17, 15) is 18.0 Å². The van der Waals surface area contributed by atoms with Gasteiger partial charge in [-0.25, -0.2) is 8.42 Å². The summed E-state index contributed by atoms with van der Waals surface area (Å²) in [5, 5.41) is 0. The SMILES string of the molecule is CCN(C(=O)C(=O)N1CCN(c2ccccc2)CC1)C1CCS(=O)(=O)C1. The second-order valence-electron chi connectivity index (χ2n) is 6.76. The molecular weight excluding hydrogens is 354 g/mol. The molecule has 2 amide bonds. The normalized spacial score (nSPS) is 22.3. The molecule has 0 radical (unpaired) electrons. The van der Waals surface area contributed by atoms with Crippen molar-refractivity contribution in [1.29, 1.82) is 0 Å². The fourth-order valence-electron chi connectivity index (χ4n) is 3.65. The molecule has 3 rings (SSSR count). The van der Waals surface area contributed by atoms with Gasteiger partial charge in [0.2, 0.25) is 0 Å². The first-order chi connectivity index (χ1) is 12.4. The summed E-state index contributed by atoms with van der Waals surface area (Å²) >= 11 is 0. The number of anilines is 1. The van der Waals surface area contributed by atoms with Crippen LogP contribution in [-0.2, 0) is 19.4 Å². The Morgan fingerprint density at radius 3 is 2.31 bits per heavy atom. The lowest BCUT2D eigenvalue weighted by Crippen LogP contribution is -2.55. The minimum absolute atomic E-state index is 0.0400. The van der Waals surface area contributed by atoms with Gasteiger partial charge in [-0.15, -0.1) is 0 Å². The maximum atomic E-state index is 12.6. The number of piperazine rings is 1. The van der Waals surface area contributed by atoms with Crippen LogP contribution in [-0.4, -0.2) is 80.3 Å². The molecule has 2 aliphatic rings. The van der Waals surface area contributed by atoms with Gasteiger partial charge in [0.15, 0.2) is 9.84 Å². The first-order valence-corrected chi connectivity index (χ1v) is 10.8. The average Bonchev–Trinajstić information content (AvgIpc) is 3.02. The lowest BCUT2D eigenvalue weighted by molar-refractivity contribution is -0.153. The van der Waals surface area contributed by atoms with Crippen molar-refractivity contribution in [1.82, 2.24) is 9.80 Å². The maximum Gasteiger partial charge on any atom is 0.312 e. The molecular formula is C18H25N3O4S. The Morgan fingerprint density at radius 1 is 1.12 bits per heavy atom. The Hall–Kier alpha value is -2.09. The topological polar surface area (TPSA) is 78.0 Å². The molecule has 0 saturated carbocycles. The highest BCUT2D eigenvalue weighted by Gasteiger charge is 2.37. The van der Waals surface area contributed by atoms with E-state index in [1.165, 1.54) is 4.90 Å². The van der Waals surface area contributed by atoms with Gasteiger partial charge in [0.25, 0.3) is 0 Å². The average molecular weight is 379 g/mol. The molecule has 2 fully saturated rings. The summed E-state index contributed by atoms with van der Waals surface area (Å²) in [6, 6.07) is 9.59. The summed E-state index contributed by atoms with van der Waals surface area (Å²) in [4.78, 5) is 30.5. The Bertz CT molecular complexity index is 758. The number of rotatable bonds is 3. The summed E-state index contributed by atoms with van der Waals surface area (Å²) < 4.78 is 23.4. The molecule has 1 aromatic rings. The van der Waals surface area contributed by atoms with Gasteiger partial charge in [-0.2, -0.15) is 0 Å². The highest BCUT2D eigenvalue weighted by molar-refractivity contribution is 7.91. The predicted molar refractivity (Wildman–Crippen MR) is 99.7 cm³/mol. The van der Waals surface area contributed by atoms with Gasteiger partial charge in [0.1, 0.15) is 0 Å². The molecule has 0 spiro atoms. The Labute approximate surface area is 154 Å². The van der Waals surface area contributed by atoms with Crippen molar-refractivity contribution in [3.05, 3.63) is 30.3 Å². The Morgan fingerprint density at radius 2 is 1.77 bits per heavy atom. The lowest BCUT2D eigenvalue weighted by Gasteiger charge is -2.37. The fraction of sp³-hybridized carbons (Fsp3) is 0.556. The van der Waals surface area contributed by atoms with Gasteiger partial charge in [0, 0.05) is 44.5 Å². The zero-order valence-corrected chi connectivity index (χ0v) is 15.8. The summed E-state index contributed by atoms with van der Waals surface area (Å²) in [7, 11) is -3.10. The quantitative estimate of drug-likeness (QED) is 0.709. The van der Waals surface area contributed by atoms with Gasteiger partial charge in [-0.05, 0) is 25.5 Å². The van der Waals surface area contributed by atoms with Crippen molar-refractivity contribution in [2.24, 2.45) is 0 Å². The molecule has 0 aliphatic carbocycles. The van der Waals surface area contributed by atoms with Crippen LogP contribution in [0.3, 0.4) is 0 Å². The summed E-state index contributed by atoms with van der Waals surface area (Å²) in [6.45, 7) is 4.44. The van der Waals surface area contributed by atoms with Crippen LogP contribution in [0.2, 0.25) is 0 Å². The van der Waals surface area contributed by atoms with Crippen molar-refractivity contribution >= 4 is 27.3 Å². The van der Waals surface area contributed by atoms with Crippen molar-refractivity contribution in [3.63, 3.8) is 0 Å². The van der Waals surface area contributed by atoms with Crippen molar-refractivity contribution in [2.45, 2.75) is 19.4 Å². The molecule has 1 atom stereocenters. The van der Waals surface area contributed by atoms with Crippen LogP contribution >= 0.6 is 0 Å². The molecule has 142 valence electrons. The minimum Gasteiger partial charge on any atom is -0.368 e. The lowest BCUT2D eigenvalue weighted by atomic mass is 10.2. The van der Waals surface area contributed by atoms with E-state index in [1.807, 2.05) is 30.3 Å². The first-order valence-electron chi connectivity index (χ1n) is 9.01. The van der Waals surface area contributed by atoms with Gasteiger partial charge < -0.3 is 14.7 Å². The van der Waals surface area contributed by atoms with Crippen LogP contribution in [0.25, 0.3) is 0 Å². The molecule has 1 unspecified atom stereocenters. The van der Waals surface area contributed by atoms with Crippen molar-refractivity contribution in [2.75, 3.05) is 49.1 Å². The third-order valence-corrected chi connectivity index (χ3v) is 6.87. The number of amides is 2. The van der Waals surface area contributed by atoms with E-state index < -0.39 is 21.7 Å². The van der Waals surface area contributed by atoms with Crippen molar-refractivity contribution in [3.8, 4) is 0 Å². The third-order valence-electron chi connectivity index (χ3n) is 5.12. The van der Waals surface area contributed by atoms with Gasteiger partial charge >= 0.3 is 11.8 Å². The number of carbonyl (C=O) groups is 2. The molecule has 0 aromatic heterocycles. The Kier molecular flexibility index (Phi) is 5.50. The fourth-order valence-corrected chi connectivity index (χ4v) is 5.38. The maximum absolute atomic E-state index is 12.6. The largest absolute Gasteiger partial charge is 0.368 e. The molecule has 0 N–H and O–H groups in total. The second-order valence-corrected chi connectivity index (χ2v) is 8.99. The van der Waals surface area contributed by atoms with Crippen LogP contribution in [0, 0.1) is 0 Å². The minimum atomic E-state index is -3.10. The number of sulfone groups is 1. The number of benzene rings is 1. The number of hydrogen-bond acceptors (Lipinski definition) is 5. The second kappa shape index (κ2) is 7.65. The molecule has 1 aromatic carbocycles. The number of likely N-dealkylation sites (N-methyl/N-ethyl adjacent to an activating group) is 1. The number of para-hydroxylation sites is 1. The van der Waals surface area contributed by atoms with Crippen LogP contribution in [0.5, 0.6) is 0 Å². The molecule has 2 saturated heterocycles. The summed E-state index contributed by atoms with van der Waals surface area (Å²) in [6.07, 6.45) is 0.414. The van der Waals surface area contributed by atoms with E-state index in [0.29, 0.717) is 39.1 Å². The van der Waals surface area contributed by atoms with Gasteiger partial charge in [-0.3, -0.25) is 9.59 Å². The monoisotopic (exact) mass is 379 g/mol. The zero-order valence-electron chi connectivity index (χ0n) is 15.0. The first kappa shape index (κ1) is 18.7. The van der Waals surface area contributed by atoms with E-state index in [4.69, 9.17) is 0 Å². The molecule has 0 bridgehead atoms. The summed E-state index contributed by atoms with van der Waals surface area (Å²) in [5.74, 6) is -1.06. The number of carbonyl (C=O) groups excluding carboxylic acids is 2. The molecule has 2 heterocycles. The van der Waals surface area contributed by atoms with E-state index in [0.717, 1.165) is 5.69 Å². The van der Waals surface area contributed by atoms with E-state index >= 15 is 0 Å². The smallest absolute Gasteiger partial charge is 0.312 e. The predicted octanol–water partition coefficient (Wildman–Crippen LogP) is 0.371. The highest BCUT2D eigenvalue weighted by Crippen LogP contribution is 2.19. The summed E-state index contributed by atoms with van der Waals surface area (Å²) in [5.41, 5.74) is 1.11. The van der Waals surface area contributed by atoms with E-state index in [-0.39, 0.29) is 17.5 Å². The van der Waals surface area contributed by atoms with Crippen LogP contribution < -0.4 is 4.90 Å². The van der Waals surface area contributed by atoms with Crippen LogP contribution in [0.15, 0.2) is 30.3 Å².